The summed E-state index contributed by atoms with van der Waals surface area (Å²) in [5, 5.41) is 3.48. The molecule has 0 aromatic rings. The second-order valence-corrected chi connectivity index (χ2v) is 7.05. The van der Waals surface area contributed by atoms with Crippen LogP contribution < -0.4 is 5.32 Å². The molecule has 0 amide bonds. The average Bonchev–Trinajstić information content (AvgIpc) is 2.28. The van der Waals surface area contributed by atoms with E-state index in [9.17, 15) is 0 Å². The SMILES string of the molecule is CCCCNCCC[SiH2]C(C)(OCC)OCC. The monoisotopic (exact) mass is 261 g/mol. The minimum atomic E-state index is -0.317. The quantitative estimate of drug-likeness (QED) is 0.331. The van der Waals surface area contributed by atoms with Crippen molar-refractivity contribution < 1.29 is 9.47 Å². The predicted octanol–water partition coefficient (Wildman–Crippen LogP) is 2.10. The van der Waals surface area contributed by atoms with E-state index in [1.54, 1.807) is 0 Å². The van der Waals surface area contributed by atoms with Gasteiger partial charge in [0.2, 0.25) is 0 Å². The Bertz CT molecular complexity index is 161. The summed E-state index contributed by atoms with van der Waals surface area (Å²) in [6.07, 6.45) is 3.81. The van der Waals surface area contributed by atoms with E-state index < -0.39 is 0 Å². The Kier molecular flexibility index (Phi) is 11.3. The summed E-state index contributed by atoms with van der Waals surface area (Å²) in [6.45, 7) is 12.2. The minimum Gasteiger partial charge on any atom is -0.355 e. The van der Waals surface area contributed by atoms with Gasteiger partial charge in [0.15, 0.2) is 0 Å². The molecule has 0 aromatic heterocycles. The molecule has 0 radical (unpaired) electrons. The lowest BCUT2D eigenvalue weighted by Gasteiger charge is -2.29. The largest absolute Gasteiger partial charge is 0.355 e. The summed E-state index contributed by atoms with van der Waals surface area (Å²) < 4.78 is 11.5. The minimum absolute atomic E-state index is 0.243. The van der Waals surface area contributed by atoms with Gasteiger partial charge in [-0.05, 0) is 46.7 Å². The molecule has 4 heteroatoms. The first-order valence-corrected chi connectivity index (χ1v) is 8.87. The molecule has 17 heavy (non-hydrogen) atoms. The molecule has 0 aliphatic rings. The van der Waals surface area contributed by atoms with Gasteiger partial charge in [-0.1, -0.05) is 19.4 Å². The van der Waals surface area contributed by atoms with E-state index in [4.69, 9.17) is 9.47 Å². The van der Waals surface area contributed by atoms with Crippen LogP contribution in [0, 0.1) is 0 Å². The van der Waals surface area contributed by atoms with Gasteiger partial charge in [-0.25, -0.2) is 0 Å². The molecule has 3 nitrogen and oxygen atoms in total. The molecule has 0 saturated heterocycles. The third kappa shape index (κ3) is 9.77. The Hall–Kier alpha value is 0.0969. The molecule has 0 bridgehead atoms. The lowest BCUT2D eigenvalue weighted by molar-refractivity contribution is -0.163. The molecule has 0 aromatic carbocycles. The Morgan fingerprint density at radius 1 is 1.00 bits per heavy atom. The summed E-state index contributed by atoms with van der Waals surface area (Å²) in [5.74, 6) is 0. The third-order valence-corrected chi connectivity index (χ3v) is 5.01. The van der Waals surface area contributed by atoms with Crippen LogP contribution in [0.3, 0.4) is 0 Å². The van der Waals surface area contributed by atoms with Crippen LogP contribution in [-0.4, -0.2) is 41.2 Å². The van der Waals surface area contributed by atoms with Crippen LogP contribution in [0.1, 0.15) is 47.0 Å². The fourth-order valence-electron chi connectivity index (χ4n) is 1.92. The number of ether oxygens (including phenoxy) is 2. The summed E-state index contributed by atoms with van der Waals surface area (Å²) in [6, 6.07) is 1.29. The van der Waals surface area contributed by atoms with Crippen molar-refractivity contribution in [2.24, 2.45) is 0 Å². The molecule has 0 fully saturated rings. The number of unbranched alkanes of at least 4 members (excludes halogenated alkanes) is 1. The molecule has 0 aliphatic heterocycles. The van der Waals surface area contributed by atoms with Gasteiger partial charge in [0.1, 0.15) is 5.41 Å². The standard InChI is InChI=1S/C13H31NO2Si/c1-5-8-10-14-11-9-12-17-13(4,15-6-2)16-7-3/h14H,5-12,17H2,1-4H3. The highest BCUT2D eigenvalue weighted by Crippen LogP contribution is 2.13. The van der Waals surface area contributed by atoms with Gasteiger partial charge in [0.25, 0.3) is 0 Å². The van der Waals surface area contributed by atoms with Crippen LogP contribution in [-0.2, 0) is 9.47 Å². The molecule has 0 atom stereocenters. The number of rotatable bonds is 12. The maximum Gasteiger partial charge on any atom is 0.142 e. The molecular formula is C13H31NO2Si. The van der Waals surface area contributed by atoms with Crippen LogP contribution in [0.2, 0.25) is 6.04 Å². The second kappa shape index (κ2) is 11.2. The van der Waals surface area contributed by atoms with Gasteiger partial charge in [-0.2, -0.15) is 0 Å². The number of nitrogens with one attached hydrogen (secondary N) is 1. The molecule has 0 unspecified atom stereocenters. The summed E-state index contributed by atoms with van der Waals surface area (Å²) >= 11 is 0. The zero-order valence-electron chi connectivity index (χ0n) is 12.2. The summed E-state index contributed by atoms with van der Waals surface area (Å²) in [5.41, 5.74) is -0.243. The molecule has 0 spiro atoms. The topological polar surface area (TPSA) is 30.5 Å². The average molecular weight is 261 g/mol. The van der Waals surface area contributed by atoms with Gasteiger partial charge in [0, 0.05) is 13.2 Å². The Balaban J connectivity index is 3.54. The molecule has 1 N–H and O–H groups in total. The lowest BCUT2D eigenvalue weighted by atomic mass is 10.3. The third-order valence-electron chi connectivity index (χ3n) is 2.84. The van der Waals surface area contributed by atoms with Crippen molar-refractivity contribution >= 4 is 9.52 Å². The second-order valence-electron chi connectivity index (χ2n) is 4.56. The van der Waals surface area contributed by atoms with Crippen LogP contribution in [0.25, 0.3) is 0 Å². The smallest absolute Gasteiger partial charge is 0.142 e. The van der Waals surface area contributed by atoms with Crippen molar-refractivity contribution in [2.45, 2.75) is 58.4 Å². The van der Waals surface area contributed by atoms with Crippen molar-refractivity contribution in [1.29, 1.82) is 0 Å². The van der Waals surface area contributed by atoms with Gasteiger partial charge >= 0.3 is 0 Å². The summed E-state index contributed by atoms with van der Waals surface area (Å²) in [7, 11) is -0.317. The van der Waals surface area contributed by atoms with Crippen molar-refractivity contribution in [3.8, 4) is 0 Å². The van der Waals surface area contributed by atoms with Crippen molar-refractivity contribution in [3.63, 3.8) is 0 Å². The fourth-order valence-corrected chi connectivity index (χ4v) is 3.76. The van der Waals surface area contributed by atoms with Crippen LogP contribution >= 0.6 is 0 Å². The maximum atomic E-state index is 5.73. The van der Waals surface area contributed by atoms with Crippen LogP contribution in [0.15, 0.2) is 0 Å². The van der Waals surface area contributed by atoms with E-state index in [0.717, 1.165) is 26.3 Å². The first-order chi connectivity index (χ1) is 8.18. The highest BCUT2D eigenvalue weighted by molar-refractivity contribution is 6.38. The van der Waals surface area contributed by atoms with Crippen molar-refractivity contribution in [2.75, 3.05) is 26.3 Å². The first kappa shape index (κ1) is 17.1. The molecular weight excluding hydrogens is 230 g/mol. The zero-order chi connectivity index (χ0) is 13.0. The molecule has 0 heterocycles. The van der Waals surface area contributed by atoms with Gasteiger partial charge in [-0.3, -0.25) is 0 Å². The first-order valence-electron chi connectivity index (χ1n) is 7.17. The van der Waals surface area contributed by atoms with E-state index in [0.29, 0.717) is 0 Å². The Morgan fingerprint density at radius 2 is 1.59 bits per heavy atom. The van der Waals surface area contributed by atoms with Gasteiger partial charge in [-0.15, -0.1) is 0 Å². The Morgan fingerprint density at radius 3 is 2.12 bits per heavy atom. The van der Waals surface area contributed by atoms with E-state index in [-0.39, 0.29) is 14.9 Å². The summed E-state index contributed by atoms with van der Waals surface area (Å²) in [4.78, 5) is 0. The normalized spacial score (nSPS) is 12.7. The van der Waals surface area contributed by atoms with Gasteiger partial charge < -0.3 is 14.8 Å². The van der Waals surface area contributed by atoms with Crippen LogP contribution in [0.4, 0.5) is 0 Å². The lowest BCUT2D eigenvalue weighted by Crippen LogP contribution is -2.39. The number of hydrogen-bond acceptors (Lipinski definition) is 3. The molecule has 0 rings (SSSR count). The molecule has 0 aliphatic carbocycles. The molecule has 0 saturated carbocycles. The van der Waals surface area contributed by atoms with Crippen LogP contribution in [0.5, 0.6) is 0 Å². The zero-order valence-corrected chi connectivity index (χ0v) is 13.6. The van der Waals surface area contributed by atoms with E-state index in [1.807, 2.05) is 13.8 Å². The number of hydrogen-bond donors (Lipinski definition) is 1. The van der Waals surface area contributed by atoms with Gasteiger partial charge in [0.05, 0.1) is 9.52 Å². The Labute approximate surface area is 109 Å². The van der Waals surface area contributed by atoms with E-state index >= 15 is 0 Å². The fraction of sp³-hybridized carbons (Fsp3) is 1.00. The van der Waals surface area contributed by atoms with E-state index in [1.165, 1.54) is 25.3 Å². The van der Waals surface area contributed by atoms with E-state index in [2.05, 4.69) is 19.2 Å². The maximum absolute atomic E-state index is 5.73. The highest BCUT2D eigenvalue weighted by Gasteiger charge is 2.24. The predicted molar refractivity (Wildman–Crippen MR) is 77.4 cm³/mol. The molecule has 104 valence electrons. The highest BCUT2D eigenvalue weighted by atomic mass is 28.2. The van der Waals surface area contributed by atoms with Crippen molar-refractivity contribution in [3.05, 3.63) is 0 Å². The van der Waals surface area contributed by atoms with Crippen molar-refractivity contribution in [1.82, 2.24) is 5.32 Å².